The number of benzene rings is 2. The topological polar surface area (TPSA) is 41.5 Å². The summed E-state index contributed by atoms with van der Waals surface area (Å²) in [7, 11) is 2.13. The van der Waals surface area contributed by atoms with Crippen LogP contribution >= 0.6 is 0 Å². The number of anilines is 1. The predicted molar refractivity (Wildman–Crippen MR) is 104 cm³/mol. The van der Waals surface area contributed by atoms with Crippen LogP contribution < -0.4 is 4.90 Å². The Morgan fingerprint density at radius 1 is 0.923 bits per heavy atom. The number of morpholine rings is 1. The molecule has 26 heavy (non-hydrogen) atoms. The van der Waals surface area contributed by atoms with Crippen molar-refractivity contribution >= 4 is 16.7 Å². The van der Waals surface area contributed by atoms with Crippen LogP contribution in [0.25, 0.3) is 10.8 Å². The first-order valence-corrected chi connectivity index (χ1v) is 9.08. The van der Waals surface area contributed by atoms with E-state index in [-0.39, 0.29) is 0 Å². The molecule has 2 heterocycles. The van der Waals surface area contributed by atoms with E-state index in [1.165, 1.54) is 16.3 Å². The second-order valence-electron chi connectivity index (χ2n) is 6.84. The van der Waals surface area contributed by atoms with E-state index in [1.807, 2.05) is 12.4 Å². The normalized spacial score (nSPS) is 14.9. The highest BCUT2D eigenvalue weighted by Gasteiger charge is 2.13. The molecule has 4 rings (SSSR count). The van der Waals surface area contributed by atoms with Gasteiger partial charge in [0.25, 0.3) is 0 Å². The van der Waals surface area contributed by atoms with Crippen molar-refractivity contribution in [2.24, 2.45) is 0 Å². The van der Waals surface area contributed by atoms with E-state index in [4.69, 9.17) is 4.74 Å². The Hall–Kier alpha value is -2.50. The standard InChI is InChI=1S/C21H24N4O/c1-24(15-17-6-7-19-4-2-3-5-20(19)12-17)16-18-13-22-21(23-14-18)25-8-10-26-11-9-25/h2-7,12-14H,8-11,15-16H2,1H3. The first-order chi connectivity index (χ1) is 12.8. The molecule has 0 spiro atoms. The van der Waals surface area contributed by atoms with Gasteiger partial charge in [0.05, 0.1) is 13.2 Å². The Balaban J connectivity index is 1.38. The van der Waals surface area contributed by atoms with Gasteiger partial charge in [-0.25, -0.2) is 9.97 Å². The maximum atomic E-state index is 5.38. The second-order valence-corrected chi connectivity index (χ2v) is 6.84. The number of nitrogens with zero attached hydrogens (tertiary/aromatic N) is 4. The lowest BCUT2D eigenvalue weighted by molar-refractivity contribution is 0.122. The van der Waals surface area contributed by atoms with E-state index in [0.717, 1.165) is 50.9 Å². The number of ether oxygens (including phenoxy) is 1. The summed E-state index contributed by atoms with van der Waals surface area (Å²) in [6.45, 7) is 4.95. The molecule has 0 amide bonds. The van der Waals surface area contributed by atoms with Crippen LogP contribution in [-0.2, 0) is 17.8 Å². The molecule has 0 aliphatic carbocycles. The molecule has 1 fully saturated rings. The van der Waals surface area contributed by atoms with Crippen molar-refractivity contribution < 1.29 is 4.74 Å². The number of hydrogen-bond acceptors (Lipinski definition) is 5. The van der Waals surface area contributed by atoms with Gasteiger partial charge < -0.3 is 9.64 Å². The quantitative estimate of drug-likeness (QED) is 0.709. The fourth-order valence-electron chi connectivity index (χ4n) is 3.37. The number of fused-ring (bicyclic) bond motifs is 1. The van der Waals surface area contributed by atoms with Crippen LogP contribution in [0.1, 0.15) is 11.1 Å². The zero-order valence-electron chi connectivity index (χ0n) is 15.1. The molecule has 1 saturated heterocycles. The summed E-state index contributed by atoms with van der Waals surface area (Å²) in [5.41, 5.74) is 2.45. The van der Waals surface area contributed by atoms with Gasteiger partial charge in [0.15, 0.2) is 0 Å². The van der Waals surface area contributed by atoms with Crippen LogP contribution in [0.2, 0.25) is 0 Å². The maximum absolute atomic E-state index is 5.38. The first kappa shape index (κ1) is 16.9. The van der Waals surface area contributed by atoms with E-state index in [9.17, 15) is 0 Å². The summed E-state index contributed by atoms with van der Waals surface area (Å²) in [5.74, 6) is 0.800. The van der Waals surface area contributed by atoms with Crippen LogP contribution in [0.4, 0.5) is 5.95 Å². The van der Waals surface area contributed by atoms with Crippen molar-refractivity contribution in [3.63, 3.8) is 0 Å². The third-order valence-electron chi connectivity index (χ3n) is 4.70. The molecule has 0 saturated carbocycles. The first-order valence-electron chi connectivity index (χ1n) is 9.08. The fraction of sp³-hybridized carbons (Fsp3) is 0.333. The van der Waals surface area contributed by atoms with Gasteiger partial charge in [-0.2, -0.15) is 0 Å². The summed E-state index contributed by atoms with van der Waals surface area (Å²) in [6, 6.07) is 15.1. The third kappa shape index (κ3) is 4.00. The molecule has 5 nitrogen and oxygen atoms in total. The summed E-state index contributed by atoms with van der Waals surface area (Å²) in [5, 5.41) is 2.57. The van der Waals surface area contributed by atoms with Crippen molar-refractivity contribution in [2.45, 2.75) is 13.1 Å². The average molecular weight is 348 g/mol. The van der Waals surface area contributed by atoms with Crippen molar-refractivity contribution in [1.29, 1.82) is 0 Å². The summed E-state index contributed by atoms with van der Waals surface area (Å²) >= 11 is 0. The molecule has 2 aromatic carbocycles. The lowest BCUT2D eigenvalue weighted by Crippen LogP contribution is -2.37. The zero-order valence-corrected chi connectivity index (χ0v) is 15.1. The molecule has 0 unspecified atom stereocenters. The van der Waals surface area contributed by atoms with Gasteiger partial charge >= 0.3 is 0 Å². The zero-order chi connectivity index (χ0) is 17.8. The molecule has 5 heteroatoms. The molecular weight excluding hydrogens is 324 g/mol. The molecule has 1 aliphatic rings. The molecule has 0 atom stereocenters. The predicted octanol–water partition coefficient (Wildman–Crippen LogP) is 3.10. The van der Waals surface area contributed by atoms with Crippen LogP contribution in [-0.4, -0.2) is 48.2 Å². The molecule has 0 N–H and O–H groups in total. The summed E-state index contributed by atoms with van der Waals surface area (Å²) < 4.78 is 5.38. The van der Waals surface area contributed by atoms with Gasteiger partial charge in [0, 0.05) is 44.1 Å². The largest absolute Gasteiger partial charge is 0.378 e. The van der Waals surface area contributed by atoms with Crippen LogP contribution in [0.15, 0.2) is 54.9 Å². The van der Waals surface area contributed by atoms with Crippen molar-refractivity contribution in [3.05, 3.63) is 66.0 Å². The van der Waals surface area contributed by atoms with E-state index in [1.54, 1.807) is 0 Å². The number of rotatable bonds is 5. The highest BCUT2D eigenvalue weighted by Crippen LogP contribution is 2.17. The summed E-state index contributed by atoms with van der Waals surface area (Å²) in [6.07, 6.45) is 3.88. The van der Waals surface area contributed by atoms with Crippen LogP contribution in [0.5, 0.6) is 0 Å². The van der Waals surface area contributed by atoms with Crippen molar-refractivity contribution in [2.75, 3.05) is 38.3 Å². The summed E-state index contributed by atoms with van der Waals surface area (Å²) in [4.78, 5) is 13.5. The molecule has 134 valence electrons. The Kier molecular flexibility index (Phi) is 5.09. The molecule has 0 bridgehead atoms. The maximum Gasteiger partial charge on any atom is 0.225 e. The van der Waals surface area contributed by atoms with Crippen LogP contribution in [0, 0.1) is 0 Å². The van der Waals surface area contributed by atoms with E-state index >= 15 is 0 Å². The number of aromatic nitrogens is 2. The smallest absolute Gasteiger partial charge is 0.225 e. The van der Waals surface area contributed by atoms with Gasteiger partial charge in [-0.15, -0.1) is 0 Å². The fourth-order valence-corrected chi connectivity index (χ4v) is 3.37. The van der Waals surface area contributed by atoms with Gasteiger partial charge in [-0.3, -0.25) is 4.90 Å². The average Bonchev–Trinajstić information content (AvgIpc) is 2.69. The van der Waals surface area contributed by atoms with Crippen molar-refractivity contribution in [1.82, 2.24) is 14.9 Å². The van der Waals surface area contributed by atoms with Crippen molar-refractivity contribution in [3.8, 4) is 0 Å². The molecular formula is C21H24N4O. The minimum Gasteiger partial charge on any atom is -0.378 e. The Morgan fingerprint density at radius 2 is 1.62 bits per heavy atom. The van der Waals surface area contributed by atoms with Crippen LogP contribution in [0.3, 0.4) is 0 Å². The van der Waals surface area contributed by atoms with E-state index in [0.29, 0.717) is 0 Å². The third-order valence-corrected chi connectivity index (χ3v) is 4.70. The highest BCUT2D eigenvalue weighted by molar-refractivity contribution is 5.82. The molecule has 1 aliphatic heterocycles. The Labute approximate surface area is 154 Å². The Morgan fingerprint density at radius 3 is 2.38 bits per heavy atom. The minimum atomic E-state index is 0.750. The number of hydrogen-bond donors (Lipinski definition) is 0. The van der Waals surface area contributed by atoms with E-state index < -0.39 is 0 Å². The Bertz CT molecular complexity index is 859. The molecule has 3 aromatic rings. The van der Waals surface area contributed by atoms with Gasteiger partial charge in [-0.1, -0.05) is 36.4 Å². The monoisotopic (exact) mass is 348 g/mol. The SMILES string of the molecule is CN(Cc1cnc(N2CCOCC2)nc1)Cc1ccc2ccccc2c1. The van der Waals surface area contributed by atoms with Gasteiger partial charge in [0.2, 0.25) is 5.95 Å². The molecule has 1 aromatic heterocycles. The van der Waals surface area contributed by atoms with Gasteiger partial charge in [0.1, 0.15) is 0 Å². The lowest BCUT2D eigenvalue weighted by atomic mass is 10.1. The minimum absolute atomic E-state index is 0.750. The second kappa shape index (κ2) is 7.81. The lowest BCUT2D eigenvalue weighted by Gasteiger charge is -2.26. The highest BCUT2D eigenvalue weighted by atomic mass is 16.5. The molecule has 0 radical (unpaired) electrons. The van der Waals surface area contributed by atoms with E-state index in [2.05, 4.69) is 69.3 Å². The van der Waals surface area contributed by atoms with Gasteiger partial charge in [-0.05, 0) is 29.4 Å².